The van der Waals surface area contributed by atoms with Crippen LogP contribution in [0.1, 0.15) is 0 Å². The van der Waals surface area contributed by atoms with Crippen LogP contribution in [0, 0.1) is 0 Å². The van der Waals surface area contributed by atoms with Gasteiger partial charge in [-0.1, -0.05) is 0 Å². The van der Waals surface area contributed by atoms with Gasteiger partial charge in [0.05, 0.1) is 0 Å². The van der Waals surface area contributed by atoms with Gasteiger partial charge in [0.25, 0.3) is 0 Å². The topological polar surface area (TPSA) is 28.5 Å². The third-order valence-corrected chi connectivity index (χ3v) is 0. The summed E-state index contributed by atoms with van der Waals surface area (Å²) in [5.74, 6) is 0. The molecule has 0 atom stereocenters. The average Bonchev–Trinajstić information content (AvgIpc) is 0. The van der Waals surface area contributed by atoms with Crippen LogP contribution in [0.15, 0.2) is 0 Å². The van der Waals surface area contributed by atoms with E-state index in [4.69, 9.17) is 0 Å². The van der Waals surface area contributed by atoms with Crippen molar-refractivity contribution in [2.45, 2.75) is 0 Å². The fourth-order valence-corrected chi connectivity index (χ4v) is 0. The van der Waals surface area contributed by atoms with Crippen LogP contribution in [-0.2, 0) is 46.7 Å². The van der Waals surface area contributed by atoms with Gasteiger partial charge in [-0.15, -0.1) is 0 Å². The first-order valence-electron chi connectivity index (χ1n) is 0. The fraction of sp³-hybridized carbons (Fsp3) is 0. The Morgan fingerprint density at radius 2 is 1.00 bits per heavy atom. The molecule has 0 rings (SSSR count). The zero-order valence-electron chi connectivity index (χ0n) is 2.19. The van der Waals surface area contributed by atoms with E-state index in [0.717, 1.165) is 0 Å². The van der Waals surface area contributed by atoms with Gasteiger partial charge in [0, 0.05) is 0 Å². The standard InChI is InChI=1S/In.O.Ti.Zn/q+3;-2;+4;+2. The molecule has 0 spiro atoms. The normalized spacial score (nSPS) is 0. The molecule has 0 saturated heterocycles. The van der Waals surface area contributed by atoms with Crippen LogP contribution in [0.3, 0.4) is 0 Å². The molecule has 0 heterocycles. The van der Waals surface area contributed by atoms with Gasteiger partial charge in [0.15, 0.2) is 0 Å². The van der Waals surface area contributed by atoms with Crippen molar-refractivity contribution in [1.29, 1.82) is 0 Å². The van der Waals surface area contributed by atoms with Crippen molar-refractivity contribution in [1.82, 2.24) is 0 Å². The molecule has 0 radical (unpaired) electrons. The Balaban J connectivity index is 0. The van der Waals surface area contributed by atoms with Crippen molar-refractivity contribution in [3.8, 4) is 0 Å². The summed E-state index contributed by atoms with van der Waals surface area (Å²) in [6.45, 7) is 0. The minimum atomic E-state index is 0. The molecular formula is InOTiZn+7. The summed E-state index contributed by atoms with van der Waals surface area (Å²) in [4.78, 5) is 0. The van der Waals surface area contributed by atoms with Crippen LogP contribution in [0.4, 0.5) is 0 Å². The van der Waals surface area contributed by atoms with Crippen LogP contribution >= 0.6 is 0 Å². The van der Waals surface area contributed by atoms with Gasteiger partial charge in [-0.05, 0) is 0 Å². The predicted molar refractivity (Wildman–Crippen MR) is 6.44 cm³/mol. The number of hydrogen-bond acceptors (Lipinski definition) is 0. The van der Waals surface area contributed by atoms with Gasteiger partial charge in [-0.25, -0.2) is 0 Å². The zero-order valence-corrected chi connectivity index (χ0v) is 10.0. The minimum absolute atomic E-state index is 0. The summed E-state index contributed by atoms with van der Waals surface area (Å²) in [6.07, 6.45) is 0. The molecule has 0 bridgehead atoms. The molecule has 4 heavy (non-hydrogen) atoms. The van der Waals surface area contributed by atoms with E-state index < -0.39 is 0 Å². The Labute approximate surface area is 71.6 Å². The molecule has 0 aromatic rings. The first-order valence-corrected chi connectivity index (χ1v) is 0. The van der Waals surface area contributed by atoms with Crippen LogP contribution in [0.2, 0.25) is 0 Å². The van der Waals surface area contributed by atoms with Gasteiger partial charge in [0.2, 0.25) is 0 Å². The Kier molecular flexibility index (Phi) is 167. The van der Waals surface area contributed by atoms with Crippen LogP contribution < -0.4 is 0 Å². The van der Waals surface area contributed by atoms with E-state index >= 15 is 0 Å². The second-order valence-electron chi connectivity index (χ2n) is 0. The molecule has 0 aliphatic carbocycles. The van der Waals surface area contributed by atoms with Crippen molar-refractivity contribution in [3.05, 3.63) is 0 Å². The Morgan fingerprint density at radius 1 is 1.00 bits per heavy atom. The van der Waals surface area contributed by atoms with Gasteiger partial charge in [-0.3, -0.25) is 0 Å². The predicted octanol–water partition coefficient (Wildman–Crippen LogP) is -0.505. The van der Waals surface area contributed by atoms with Gasteiger partial charge >= 0.3 is 67.0 Å². The summed E-state index contributed by atoms with van der Waals surface area (Å²) in [5.41, 5.74) is 0. The zero-order chi connectivity index (χ0) is 0. The van der Waals surface area contributed by atoms with Crippen molar-refractivity contribution < 1.29 is 46.7 Å². The molecule has 0 saturated carbocycles. The average molecular weight is 244 g/mol. The molecule has 0 aromatic heterocycles. The first kappa shape index (κ1) is 35.1. The van der Waals surface area contributed by atoms with Crippen molar-refractivity contribution in [2.75, 3.05) is 0 Å². The quantitative estimate of drug-likeness (QED) is 0.514. The number of hydrogen-bond donors (Lipinski definition) is 0. The molecule has 0 fully saturated rings. The molecule has 0 N–H and O–H groups in total. The molecule has 0 unspecified atom stereocenters. The summed E-state index contributed by atoms with van der Waals surface area (Å²) in [7, 11) is 0. The van der Waals surface area contributed by atoms with E-state index in [1.807, 2.05) is 0 Å². The Morgan fingerprint density at radius 3 is 1.00 bits per heavy atom. The maximum atomic E-state index is 0. The van der Waals surface area contributed by atoms with E-state index in [9.17, 15) is 0 Å². The van der Waals surface area contributed by atoms with Crippen LogP contribution in [-0.4, -0.2) is 25.8 Å². The summed E-state index contributed by atoms with van der Waals surface area (Å²) in [6, 6.07) is 0. The van der Waals surface area contributed by atoms with Gasteiger partial charge in [0.1, 0.15) is 0 Å². The maximum absolute atomic E-state index is 0. The monoisotopic (exact) mass is 243 g/mol. The summed E-state index contributed by atoms with van der Waals surface area (Å²) >= 11 is 0. The van der Waals surface area contributed by atoms with E-state index in [0.29, 0.717) is 0 Å². The molecule has 1 nitrogen and oxygen atoms in total. The Hall–Kier alpha value is 2.17. The first-order chi connectivity index (χ1) is 0. The molecule has 0 aliphatic heterocycles. The SMILES string of the molecule is [In+3].[O-2].[Ti+4].[Zn+2]. The Bertz CT molecular complexity index is 8.00. The van der Waals surface area contributed by atoms with E-state index in [1.54, 1.807) is 0 Å². The largest absolute Gasteiger partial charge is 4.00 e. The molecule has 0 aliphatic rings. The second-order valence-corrected chi connectivity index (χ2v) is 0. The molecule has 4 heteroatoms. The van der Waals surface area contributed by atoms with Crippen LogP contribution in [0.25, 0.3) is 0 Å². The molecule has 0 amide bonds. The number of rotatable bonds is 0. The van der Waals surface area contributed by atoms with E-state index in [-0.39, 0.29) is 72.5 Å². The summed E-state index contributed by atoms with van der Waals surface area (Å²) in [5, 5.41) is 0. The second kappa shape index (κ2) is 19.1. The fourth-order valence-electron chi connectivity index (χ4n) is 0. The van der Waals surface area contributed by atoms with E-state index in [1.165, 1.54) is 0 Å². The van der Waals surface area contributed by atoms with Crippen molar-refractivity contribution >= 4 is 25.8 Å². The van der Waals surface area contributed by atoms with Crippen molar-refractivity contribution in [3.63, 3.8) is 0 Å². The maximum Gasteiger partial charge on any atom is 4.00 e. The van der Waals surface area contributed by atoms with Crippen molar-refractivity contribution in [2.24, 2.45) is 0 Å². The van der Waals surface area contributed by atoms with Gasteiger partial charge < -0.3 is 5.48 Å². The summed E-state index contributed by atoms with van der Waals surface area (Å²) < 4.78 is 0. The third kappa shape index (κ3) is 8.90. The van der Waals surface area contributed by atoms with E-state index in [2.05, 4.69) is 0 Å². The minimum Gasteiger partial charge on any atom is -2.00 e. The third-order valence-electron chi connectivity index (χ3n) is 0. The van der Waals surface area contributed by atoms with Gasteiger partial charge in [-0.2, -0.15) is 0 Å². The molecule has 0 aromatic carbocycles. The molecule has 8 valence electrons. The van der Waals surface area contributed by atoms with Crippen LogP contribution in [0.5, 0.6) is 0 Å². The molecular weight excluding hydrogens is 244 g/mol. The smallest absolute Gasteiger partial charge is 2.00 e.